The van der Waals surface area contributed by atoms with Crippen molar-refractivity contribution in [3.05, 3.63) is 54.1 Å². The Bertz CT molecular complexity index is 556. The van der Waals surface area contributed by atoms with Gasteiger partial charge in [0.15, 0.2) is 0 Å². The molecule has 1 unspecified atom stereocenters. The molecule has 0 spiro atoms. The summed E-state index contributed by atoms with van der Waals surface area (Å²) in [5, 5.41) is 5.91. The molecule has 0 bridgehead atoms. The van der Waals surface area contributed by atoms with Crippen LogP contribution in [0.15, 0.2) is 43.0 Å². The molecule has 2 amide bonds. The number of hydrogen-bond donors (Lipinski definition) is 3. The molecular weight excluding hydrogens is 254 g/mol. The molecule has 0 saturated heterocycles. The average molecular weight is 271 g/mol. The van der Waals surface area contributed by atoms with Crippen LogP contribution in [0.25, 0.3) is 0 Å². The monoisotopic (exact) mass is 271 g/mol. The van der Waals surface area contributed by atoms with Gasteiger partial charge in [0.2, 0.25) is 0 Å². The van der Waals surface area contributed by atoms with Crippen LogP contribution in [-0.4, -0.2) is 16.0 Å². The Balaban J connectivity index is 1.92. The molecule has 104 valence electrons. The summed E-state index contributed by atoms with van der Waals surface area (Å²) in [6.07, 6.45) is 5.08. The number of anilines is 1. The Morgan fingerprint density at radius 2 is 1.90 bits per heavy atom. The highest BCUT2D eigenvalue weighted by Gasteiger charge is 2.05. The number of carbonyl (C=O) groups excluding carboxylic acids is 1. The van der Waals surface area contributed by atoms with Gasteiger partial charge in [-0.15, -0.1) is 0 Å². The third-order valence-electron chi connectivity index (χ3n) is 2.90. The van der Waals surface area contributed by atoms with Crippen LogP contribution in [0.3, 0.4) is 0 Å². The number of nitrogens with one attached hydrogen (secondary N) is 2. The lowest BCUT2D eigenvalue weighted by Crippen LogP contribution is -2.20. The van der Waals surface area contributed by atoms with E-state index < -0.39 is 6.03 Å². The first-order valence-electron chi connectivity index (χ1n) is 6.29. The number of carbonyl (C=O) groups is 1. The summed E-state index contributed by atoms with van der Waals surface area (Å²) in [5.41, 5.74) is 7.90. The van der Waals surface area contributed by atoms with Crippen LogP contribution < -0.4 is 16.4 Å². The Morgan fingerprint density at radius 3 is 2.50 bits per heavy atom. The maximum atomic E-state index is 10.7. The molecule has 4 N–H and O–H groups in total. The van der Waals surface area contributed by atoms with E-state index in [-0.39, 0.29) is 6.04 Å². The minimum Gasteiger partial charge on any atom is -0.351 e. The third-order valence-corrected chi connectivity index (χ3v) is 2.90. The van der Waals surface area contributed by atoms with E-state index in [0.717, 1.165) is 11.1 Å². The van der Waals surface area contributed by atoms with E-state index in [1.807, 2.05) is 24.3 Å². The van der Waals surface area contributed by atoms with Crippen molar-refractivity contribution in [1.82, 2.24) is 15.3 Å². The van der Waals surface area contributed by atoms with E-state index in [1.165, 1.54) is 6.33 Å². The second kappa shape index (κ2) is 6.63. The second-order valence-electron chi connectivity index (χ2n) is 4.46. The van der Waals surface area contributed by atoms with E-state index >= 15 is 0 Å². The van der Waals surface area contributed by atoms with Crippen LogP contribution in [0.5, 0.6) is 0 Å². The molecule has 1 atom stereocenters. The predicted molar refractivity (Wildman–Crippen MR) is 76.9 cm³/mol. The van der Waals surface area contributed by atoms with Crippen LogP contribution in [0.1, 0.15) is 24.1 Å². The summed E-state index contributed by atoms with van der Waals surface area (Å²) in [7, 11) is 0. The number of aromatic nitrogens is 2. The molecule has 6 heteroatoms. The minimum atomic E-state index is -0.562. The molecule has 1 heterocycles. The number of hydrogen-bond acceptors (Lipinski definition) is 4. The van der Waals surface area contributed by atoms with Crippen LogP contribution >= 0.6 is 0 Å². The van der Waals surface area contributed by atoms with Crippen molar-refractivity contribution < 1.29 is 4.79 Å². The topological polar surface area (TPSA) is 92.9 Å². The largest absolute Gasteiger partial charge is 0.351 e. The maximum absolute atomic E-state index is 10.7. The van der Waals surface area contributed by atoms with Crippen LogP contribution in [0, 0.1) is 0 Å². The predicted octanol–water partition coefficient (Wildman–Crippen LogP) is 1.82. The van der Waals surface area contributed by atoms with Crippen molar-refractivity contribution in [3.63, 3.8) is 0 Å². The Morgan fingerprint density at radius 1 is 1.25 bits per heavy atom. The van der Waals surface area contributed by atoms with Crippen molar-refractivity contribution in [3.8, 4) is 0 Å². The fourth-order valence-corrected chi connectivity index (χ4v) is 1.81. The quantitative estimate of drug-likeness (QED) is 0.773. The van der Waals surface area contributed by atoms with Gasteiger partial charge in [-0.3, -0.25) is 0 Å². The molecule has 1 aromatic carbocycles. The molecule has 2 aromatic rings. The third kappa shape index (κ3) is 4.03. The normalized spacial score (nSPS) is 11.8. The average Bonchev–Trinajstić information content (AvgIpc) is 2.46. The molecule has 6 nitrogen and oxygen atoms in total. The molecular formula is C14H17N5O. The van der Waals surface area contributed by atoms with Crippen molar-refractivity contribution in [2.45, 2.75) is 19.5 Å². The fourth-order valence-electron chi connectivity index (χ4n) is 1.81. The highest BCUT2D eigenvalue weighted by molar-refractivity contribution is 5.87. The number of nitrogens with zero attached hydrogens (tertiary/aromatic N) is 2. The maximum Gasteiger partial charge on any atom is 0.316 e. The number of amides is 2. The van der Waals surface area contributed by atoms with Crippen molar-refractivity contribution >= 4 is 11.7 Å². The molecule has 1 aromatic heterocycles. The molecule has 0 radical (unpaired) electrons. The Labute approximate surface area is 117 Å². The van der Waals surface area contributed by atoms with E-state index in [4.69, 9.17) is 5.73 Å². The Hall–Kier alpha value is -2.47. The Kier molecular flexibility index (Phi) is 4.62. The standard InChI is InChI=1S/C14H17N5O/c1-10(18-8-11-6-16-9-17-7-11)12-2-4-13(5-3-12)19-14(15)20/h2-7,9-10,18H,8H2,1H3,(H3,15,19,20). The van der Waals surface area contributed by atoms with Crippen LogP contribution in [-0.2, 0) is 6.54 Å². The fraction of sp³-hybridized carbons (Fsp3) is 0.214. The van der Waals surface area contributed by atoms with Crippen molar-refractivity contribution in [2.24, 2.45) is 5.73 Å². The van der Waals surface area contributed by atoms with Gasteiger partial charge in [-0.2, -0.15) is 0 Å². The summed E-state index contributed by atoms with van der Waals surface area (Å²) in [6.45, 7) is 2.77. The number of rotatable bonds is 5. The molecule has 0 aliphatic rings. The van der Waals surface area contributed by atoms with Crippen LogP contribution in [0.2, 0.25) is 0 Å². The van der Waals surface area contributed by atoms with Gasteiger partial charge in [0.25, 0.3) is 0 Å². The summed E-state index contributed by atoms with van der Waals surface area (Å²) in [6, 6.07) is 7.16. The number of benzene rings is 1. The molecule has 2 rings (SSSR count). The molecule has 0 aliphatic heterocycles. The van der Waals surface area contributed by atoms with Gasteiger partial charge in [-0.1, -0.05) is 12.1 Å². The van der Waals surface area contributed by atoms with E-state index in [2.05, 4.69) is 27.5 Å². The lowest BCUT2D eigenvalue weighted by atomic mass is 10.1. The van der Waals surface area contributed by atoms with Gasteiger partial charge in [0.05, 0.1) is 0 Å². The molecule has 0 saturated carbocycles. The zero-order chi connectivity index (χ0) is 14.4. The summed E-state index contributed by atoms with van der Waals surface area (Å²) in [5.74, 6) is 0. The van der Waals surface area contributed by atoms with Gasteiger partial charge in [0, 0.05) is 36.2 Å². The SMILES string of the molecule is CC(NCc1cncnc1)c1ccc(NC(N)=O)cc1. The van der Waals surface area contributed by atoms with E-state index in [1.54, 1.807) is 12.4 Å². The summed E-state index contributed by atoms with van der Waals surface area (Å²) in [4.78, 5) is 18.7. The van der Waals surface area contributed by atoms with Gasteiger partial charge >= 0.3 is 6.03 Å². The smallest absolute Gasteiger partial charge is 0.316 e. The minimum absolute atomic E-state index is 0.179. The first kappa shape index (κ1) is 14.0. The lowest BCUT2D eigenvalue weighted by Gasteiger charge is -2.14. The van der Waals surface area contributed by atoms with Gasteiger partial charge in [-0.05, 0) is 24.6 Å². The second-order valence-corrected chi connectivity index (χ2v) is 4.46. The first-order valence-corrected chi connectivity index (χ1v) is 6.29. The highest BCUT2D eigenvalue weighted by atomic mass is 16.2. The van der Waals surface area contributed by atoms with Crippen LogP contribution in [0.4, 0.5) is 10.5 Å². The van der Waals surface area contributed by atoms with Crippen molar-refractivity contribution in [1.29, 1.82) is 0 Å². The summed E-state index contributed by atoms with van der Waals surface area (Å²) < 4.78 is 0. The van der Waals surface area contributed by atoms with Crippen molar-refractivity contribution in [2.75, 3.05) is 5.32 Å². The van der Waals surface area contributed by atoms with Gasteiger partial charge in [-0.25, -0.2) is 14.8 Å². The van der Waals surface area contributed by atoms with E-state index in [0.29, 0.717) is 12.2 Å². The lowest BCUT2D eigenvalue weighted by molar-refractivity contribution is 0.259. The summed E-state index contributed by atoms with van der Waals surface area (Å²) >= 11 is 0. The number of urea groups is 1. The zero-order valence-electron chi connectivity index (χ0n) is 11.2. The van der Waals surface area contributed by atoms with Gasteiger partial charge in [0.1, 0.15) is 6.33 Å². The van der Waals surface area contributed by atoms with E-state index in [9.17, 15) is 4.79 Å². The van der Waals surface area contributed by atoms with Gasteiger partial charge < -0.3 is 16.4 Å². The molecule has 20 heavy (non-hydrogen) atoms. The number of primary amides is 1. The molecule has 0 aliphatic carbocycles. The molecule has 0 fully saturated rings. The zero-order valence-corrected chi connectivity index (χ0v) is 11.2. The highest BCUT2D eigenvalue weighted by Crippen LogP contribution is 2.16. The first-order chi connectivity index (χ1) is 9.65. The number of nitrogens with two attached hydrogens (primary N) is 1.